The molecule has 0 aliphatic rings. The largest absolute Gasteiger partial charge is 0.359 e. The summed E-state index contributed by atoms with van der Waals surface area (Å²) in [6.45, 7) is 7.46. The van der Waals surface area contributed by atoms with Crippen LogP contribution in [0.3, 0.4) is 0 Å². The first-order chi connectivity index (χ1) is 5.66. The van der Waals surface area contributed by atoms with Gasteiger partial charge in [0.25, 0.3) is 0 Å². The van der Waals surface area contributed by atoms with E-state index in [4.69, 9.17) is 0 Å². The van der Waals surface area contributed by atoms with Gasteiger partial charge in [-0.2, -0.15) is 0 Å². The van der Waals surface area contributed by atoms with Gasteiger partial charge in [-0.25, -0.2) is 0 Å². The van der Waals surface area contributed by atoms with Gasteiger partial charge >= 0.3 is 0 Å². The number of nitrogens with one attached hydrogen (secondary N) is 2. The molecule has 0 heterocycles. The van der Waals surface area contributed by atoms with Crippen LogP contribution in [-0.2, 0) is 4.79 Å². The number of hydrogen-bond acceptors (Lipinski definition) is 2. The summed E-state index contributed by atoms with van der Waals surface area (Å²) in [5.74, 6) is 0.104. The summed E-state index contributed by atoms with van der Waals surface area (Å²) in [6.07, 6.45) is 1.48. The molecule has 2 N–H and O–H groups in total. The maximum Gasteiger partial charge on any atom is 0.219 e. The summed E-state index contributed by atoms with van der Waals surface area (Å²) in [5, 5.41) is 5.77. The highest BCUT2D eigenvalue weighted by Gasteiger charge is 1.95. The molecule has 3 nitrogen and oxygen atoms in total. The lowest BCUT2D eigenvalue weighted by Crippen LogP contribution is -2.21. The van der Waals surface area contributed by atoms with E-state index in [-0.39, 0.29) is 5.91 Å². The molecular weight excluding hydrogens is 152 g/mol. The highest BCUT2D eigenvalue weighted by atomic mass is 16.1. The maximum absolute atomic E-state index is 10.8. The number of rotatable bonds is 6. The van der Waals surface area contributed by atoms with Gasteiger partial charge in [0.15, 0.2) is 0 Å². The number of carbonyl (C=O) groups excluding carboxylic acids is 1. The van der Waals surface area contributed by atoms with Crippen LogP contribution < -0.4 is 10.6 Å². The molecule has 0 atom stereocenters. The molecule has 3 heteroatoms. The molecule has 0 spiro atoms. The predicted molar refractivity (Wildman–Crippen MR) is 51.0 cm³/mol. The lowest BCUT2D eigenvalue weighted by molar-refractivity contribution is -0.120. The van der Waals surface area contributed by atoms with Gasteiger partial charge in [-0.05, 0) is 19.9 Å². The minimum Gasteiger partial charge on any atom is -0.359 e. The second-order valence-corrected chi connectivity index (χ2v) is 2.91. The fourth-order valence-corrected chi connectivity index (χ4v) is 0.801. The number of amides is 1. The fraction of sp³-hybridized carbons (Fsp3) is 0.667. The van der Waals surface area contributed by atoms with E-state index < -0.39 is 0 Å². The monoisotopic (exact) mass is 170 g/mol. The quantitative estimate of drug-likeness (QED) is 0.454. The summed E-state index contributed by atoms with van der Waals surface area (Å²) in [7, 11) is 1.66. The van der Waals surface area contributed by atoms with Crippen LogP contribution in [-0.4, -0.2) is 26.0 Å². The Morgan fingerprint density at radius 2 is 2.17 bits per heavy atom. The Bertz CT molecular complexity index is 155. The van der Waals surface area contributed by atoms with Crippen molar-refractivity contribution in [3.05, 3.63) is 12.2 Å². The van der Waals surface area contributed by atoms with Crippen LogP contribution in [0.15, 0.2) is 12.2 Å². The van der Waals surface area contributed by atoms with Gasteiger partial charge in [0.05, 0.1) is 0 Å². The van der Waals surface area contributed by atoms with Crippen LogP contribution in [0.2, 0.25) is 0 Å². The normalized spacial score (nSPS) is 9.50. The molecule has 0 aliphatic carbocycles. The molecule has 1 amide bonds. The Balaban J connectivity index is 3.11. The molecule has 70 valence electrons. The third-order valence-corrected chi connectivity index (χ3v) is 1.46. The van der Waals surface area contributed by atoms with Crippen LogP contribution in [0.1, 0.15) is 19.8 Å². The summed E-state index contributed by atoms with van der Waals surface area (Å²) in [5.41, 5.74) is 1.12. The fourth-order valence-electron chi connectivity index (χ4n) is 0.801. The molecule has 0 rings (SSSR count). The Labute approximate surface area is 74.2 Å². The van der Waals surface area contributed by atoms with E-state index in [0.29, 0.717) is 6.42 Å². The standard InChI is InChI=1S/C9H18N2O/c1-8(2)7-11-6-4-5-9(12)10-3/h11H,1,4-7H2,2-3H3,(H,10,12). The number of carbonyl (C=O) groups is 1. The van der Waals surface area contributed by atoms with Gasteiger partial charge in [-0.1, -0.05) is 12.2 Å². The SMILES string of the molecule is C=C(C)CNCCCC(=O)NC. The summed E-state index contributed by atoms with van der Waals surface area (Å²) >= 11 is 0. The first-order valence-electron chi connectivity index (χ1n) is 4.22. The van der Waals surface area contributed by atoms with E-state index >= 15 is 0 Å². The zero-order valence-corrected chi connectivity index (χ0v) is 7.94. The van der Waals surface area contributed by atoms with Crippen molar-refractivity contribution in [2.24, 2.45) is 0 Å². The lowest BCUT2D eigenvalue weighted by Gasteiger charge is -2.02. The van der Waals surface area contributed by atoms with Crippen LogP contribution in [0.5, 0.6) is 0 Å². The number of hydrogen-bond donors (Lipinski definition) is 2. The van der Waals surface area contributed by atoms with Gasteiger partial charge in [0.2, 0.25) is 5.91 Å². The van der Waals surface area contributed by atoms with Gasteiger partial charge in [0, 0.05) is 20.0 Å². The molecule has 0 saturated carbocycles. The second kappa shape index (κ2) is 6.85. The molecular formula is C9H18N2O. The van der Waals surface area contributed by atoms with Crippen molar-refractivity contribution in [1.82, 2.24) is 10.6 Å². The van der Waals surface area contributed by atoms with Crippen molar-refractivity contribution in [3.8, 4) is 0 Å². The van der Waals surface area contributed by atoms with Crippen molar-refractivity contribution in [2.45, 2.75) is 19.8 Å². The van der Waals surface area contributed by atoms with Crippen LogP contribution in [0.25, 0.3) is 0 Å². The Kier molecular flexibility index (Phi) is 6.38. The third-order valence-electron chi connectivity index (χ3n) is 1.46. The minimum atomic E-state index is 0.104. The summed E-state index contributed by atoms with van der Waals surface area (Å²) in [6, 6.07) is 0. The Morgan fingerprint density at radius 1 is 1.50 bits per heavy atom. The highest BCUT2D eigenvalue weighted by Crippen LogP contribution is 1.87. The molecule has 0 aromatic carbocycles. The lowest BCUT2D eigenvalue weighted by atomic mass is 10.3. The van der Waals surface area contributed by atoms with E-state index in [0.717, 1.165) is 25.1 Å². The molecule has 0 radical (unpaired) electrons. The van der Waals surface area contributed by atoms with E-state index in [1.165, 1.54) is 0 Å². The maximum atomic E-state index is 10.8. The van der Waals surface area contributed by atoms with Crippen LogP contribution >= 0.6 is 0 Å². The molecule has 0 unspecified atom stereocenters. The average Bonchev–Trinajstić information content (AvgIpc) is 2.03. The first-order valence-corrected chi connectivity index (χ1v) is 4.22. The minimum absolute atomic E-state index is 0.104. The Morgan fingerprint density at radius 3 is 2.67 bits per heavy atom. The zero-order valence-electron chi connectivity index (χ0n) is 7.94. The van der Waals surface area contributed by atoms with Crippen LogP contribution in [0.4, 0.5) is 0 Å². The van der Waals surface area contributed by atoms with Crippen molar-refractivity contribution in [1.29, 1.82) is 0 Å². The van der Waals surface area contributed by atoms with Crippen molar-refractivity contribution in [3.63, 3.8) is 0 Å². The van der Waals surface area contributed by atoms with E-state index in [1.807, 2.05) is 6.92 Å². The second-order valence-electron chi connectivity index (χ2n) is 2.91. The molecule has 0 saturated heterocycles. The van der Waals surface area contributed by atoms with Crippen molar-refractivity contribution in [2.75, 3.05) is 20.1 Å². The topological polar surface area (TPSA) is 41.1 Å². The summed E-state index contributed by atoms with van der Waals surface area (Å²) in [4.78, 5) is 10.8. The zero-order chi connectivity index (χ0) is 9.40. The predicted octanol–water partition coefficient (Wildman–Crippen LogP) is 0.678. The van der Waals surface area contributed by atoms with Gasteiger partial charge in [-0.3, -0.25) is 4.79 Å². The van der Waals surface area contributed by atoms with Crippen LogP contribution in [0, 0.1) is 0 Å². The molecule has 0 aromatic rings. The third kappa shape index (κ3) is 7.28. The molecule has 12 heavy (non-hydrogen) atoms. The van der Waals surface area contributed by atoms with Gasteiger partial charge < -0.3 is 10.6 Å². The van der Waals surface area contributed by atoms with E-state index in [9.17, 15) is 4.79 Å². The van der Waals surface area contributed by atoms with Crippen molar-refractivity contribution < 1.29 is 4.79 Å². The molecule has 0 fully saturated rings. The molecule has 0 aliphatic heterocycles. The average molecular weight is 170 g/mol. The van der Waals surface area contributed by atoms with E-state index in [2.05, 4.69) is 17.2 Å². The van der Waals surface area contributed by atoms with Gasteiger partial charge in [0.1, 0.15) is 0 Å². The highest BCUT2D eigenvalue weighted by molar-refractivity contribution is 5.75. The smallest absolute Gasteiger partial charge is 0.219 e. The first kappa shape index (κ1) is 11.2. The van der Waals surface area contributed by atoms with Gasteiger partial charge in [-0.15, -0.1) is 0 Å². The Hall–Kier alpha value is -0.830. The molecule has 0 bridgehead atoms. The summed E-state index contributed by atoms with van der Waals surface area (Å²) < 4.78 is 0. The molecule has 0 aromatic heterocycles. The van der Waals surface area contributed by atoms with Crippen molar-refractivity contribution >= 4 is 5.91 Å². The van der Waals surface area contributed by atoms with E-state index in [1.54, 1.807) is 7.05 Å².